The molecule has 4 heteroatoms. The van der Waals surface area contributed by atoms with E-state index in [1.807, 2.05) is 25.1 Å². The van der Waals surface area contributed by atoms with Gasteiger partial charge in [0.05, 0.1) is 5.69 Å². The summed E-state index contributed by atoms with van der Waals surface area (Å²) in [6.45, 7) is 6.19. The molecule has 0 saturated heterocycles. The molecule has 2 aromatic carbocycles. The van der Waals surface area contributed by atoms with Gasteiger partial charge in [-0.15, -0.1) is 11.8 Å². The molecule has 134 valence electrons. The van der Waals surface area contributed by atoms with Gasteiger partial charge in [0, 0.05) is 16.5 Å². The molecule has 0 aliphatic carbocycles. The van der Waals surface area contributed by atoms with E-state index in [-0.39, 0.29) is 11.8 Å². The van der Waals surface area contributed by atoms with Crippen molar-refractivity contribution in [3.63, 3.8) is 0 Å². The summed E-state index contributed by atoms with van der Waals surface area (Å²) in [4.78, 5) is 5.97. The van der Waals surface area contributed by atoms with Crippen LogP contribution in [0, 0.1) is 6.92 Å². The van der Waals surface area contributed by atoms with Crippen molar-refractivity contribution in [3.05, 3.63) is 60.2 Å². The summed E-state index contributed by atoms with van der Waals surface area (Å²) < 4.78 is 0. The minimum absolute atomic E-state index is 0.244. The Morgan fingerprint density at radius 3 is 2.35 bits per heavy atom. The predicted octanol–water partition coefficient (Wildman–Crippen LogP) is 5.97. The van der Waals surface area contributed by atoms with Gasteiger partial charge in [0.15, 0.2) is 0 Å². The quantitative estimate of drug-likeness (QED) is 0.547. The second-order valence-corrected chi connectivity index (χ2v) is 7.55. The molecule has 3 rings (SSSR count). The normalized spacial score (nSPS) is 11.0. The van der Waals surface area contributed by atoms with Crippen molar-refractivity contribution in [3.8, 4) is 28.1 Å². The van der Waals surface area contributed by atoms with E-state index in [9.17, 15) is 5.11 Å². The molecule has 2 N–H and O–H groups in total. The zero-order valence-electron chi connectivity index (χ0n) is 15.6. The minimum atomic E-state index is 0.244. The zero-order valence-corrected chi connectivity index (χ0v) is 16.4. The van der Waals surface area contributed by atoms with Gasteiger partial charge >= 0.3 is 0 Å². The summed E-state index contributed by atoms with van der Waals surface area (Å²) in [5, 5.41) is 13.7. The molecule has 3 aromatic rings. The topological polar surface area (TPSA) is 45.2 Å². The van der Waals surface area contributed by atoms with Crippen molar-refractivity contribution in [1.29, 1.82) is 0 Å². The third-order valence-corrected chi connectivity index (χ3v) is 4.86. The highest BCUT2D eigenvalue weighted by Crippen LogP contribution is 2.33. The third-order valence-electron chi connectivity index (χ3n) is 4.11. The number of aryl methyl sites for hydroxylation is 1. The van der Waals surface area contributed by atoms with E-state index < -0.39 is 0 Å². The number of phenolic OH excluding ortho intramolecular Hbond substituents is 1. The van der Waals surface area contributed by atoms with Crippen LogP contribution in [-0.2, 0) is 0 Å². The maximum atomic E-state index is 10.3. The lowest BCUT2D eigenvalue weighted by Crippen LogP contribution is -2.11. The van der Waals surface area contributed by atoms with E-state index in [4.69, 9.17) is 4.98 Å². The lowest BCUT2D eigenvalue weighted by atomic mass is 10.0. The average Bonchev–Trinajstić information content (AvgIpc) is 2.63. The second-order valence-electron chi connectivity index (χ2n) is 6.67. The van der Waals surface area contributed by atoms with Crippen LogP contribution in [0.15, 0.2) is 59.5 Å². The Morgan fingerprint density at radius 1 is 0.962 bits per heavy atom. The van der Waals surface area contributed by atoms with Crippen LogP contribution in [0.4, 0.5) is 5.82 Å². The maximum absolute atomic E-state index is 10.3. The molecule has 1 aromatic heterocycles. The largest absolute Gasteiger partial charge is 0.507 e. The van der Waals surface area contributed by atoms with Crippen molar-refractivity contribution in [2.45, 2.75) is 31.7 Å². The lowest BCUT2D eigenvalue weighted by Gasteiger charge is -2.14. The molecule has 1 heterocycles. The summed E-state index contributed by atoms with van der Waals surface area (Å²) in [5.74, 6) is 1.05. The van der Waals surface area contributed by atoms with Crippen molar-refractivity contribution >= 4 is 17.6 Å². The van der Waals surface area contributed by atoms with Gasteiger partial charge in [-0.05, 0) is 74.6 Å². The second kappa shape index (κ2) is 7.83. The Bertz CT molecular complexity index is 905. The van der Waals surface area contributed by atoms with Gasteiger partial charge in [0.25, 0.3) is 0 Å². The number of thioether (sulfide) groups is 1. The zero-order chi connectivity index (χ0) is 18.7. The molecule has 0 spiro atoms. The Morgan fingerprint density at radius 2 is 1.69 bits per heavy atom. The SMILES string of the molecule is CSc1ccc(-c2cc(NC(C)C)nc(-c3cc(C)ccc3O)c2)cc1. The van der Waals surface area contributed by atoms with Gasteiger partial charge in [-0.2, -0.15) is 0 Å². The number of aromatic hydroxyl groups is 1. The van der Waals surface area contributed by atoms with Crippen LogP contribution in [0.25, 0.3) is 22.4 Å². The highest BCUT2D eigenvalue weighted by atomic mass is 32.2. The molecule has 0 radical (unpaired) electrons. The molecule has 0 aliphatic rings. The predicted molar refractivity (Wildman–Crippen MR) is 112 cm³/mol. The summed E-state index contributed by atoms with van der Waals surface area (Å²) in [6.07, 6.45) is 2.07. The van der Waals surface area contributed by atoms with Crippen molar-refractivity contribution < 1.29 is 5.11 Å². The van der Waals surface area contributed by atoms with Crippen LogP contribution >= 0.6 is 11.8 Å². The Balaban J connectivity index is 2.13. The molecule has 0 unspecified atom stereocenters. The molecule has 0 bridgehead atoms. The summed E-state index contributed by atoms with van der Waals surface area (Å²) in [5.41, 5.74) is 4.81. The molecule has 0 atom stereocenters. The molecular formula is C22H24N2OS. The van der Waals surface area contributed by atoms with Gasteiger partial charge in [-0.3, -0.25) is 0 Å². The van der Waals surface area contributed by atoms with Crippen LogP contribution in [0.3, 0.4) is 0 Å². The van der Waals surface area contributed by atoms with Gasteiger partial charge in [-0.25, -0.2) is 4.98 Å². The van der Waals surface area contributed by atoms with Crippen LogP contribution in [0.2, 0.25) is 0 Å². The summed E-state index contributed by atoms with van der Waals surface area (Å²) >= 11 is 1.73. The molecule has 3 nitrogen and oxygen atoms in total. The minimum Gasteiger partial charge on any atom is -0.507 e. The maximum Gasteiger partial charge on any atom is 0.127 e. The van der Waals surface area contributed by atoms with Gasteiger partial charge < -0.3 is 10.4 Å². The molecule has 0 saturated carbocycles. The molecule has 0 aliphatic heterocycles. The number of hydrogen-bond donors (Lipinski definition) is 2. The number of nitrogens with zero attached hydrogens (tertiary/aromatic N) is 1. The fourth-order valence-electron chi connectivity index (χ4n) is 2.84. The number of nitrogens with one attached hydrogen (secondary N) is 1. The number of hydrogen-bond acceptors (Lipinski definition) is 4. The molecule has 26 heavy (non-hydrogen) atoms. The van der Waals surface area contributed by atoms with E-state index in [0.29, 0.717) is 0 Å². The first-order valence-corrected chi connectivity index (χ1v) is 9.92. The number of phenols is 1. The number of rotatable bonds is 5. The van der Waals surface area contributed by atoms with E-state index in [2.05, 4.69) is 55.8 Å². The Kier molecular flexibility index (Phi) is 5.52. The monoisotopic (exact) mass is 364 g/mol. The summed E-state index contributed by atoms with van der Waals surface area (Å²) in [6, 6.07) is 18.5. The van der Waals surface area contributed by atoms with E-state index >= 15 is 0 Å². The standard InChI is InChI=1S/C22H24N2OS/c1-14(2)23-22-13-17(16-6-8-18(26-4)9-7-16)12-20(24-22)19-11-15(3)5-10-21(19)25/h5-14,25H,1-4H3,(H,23,24). The number of pyridine rings is 1. The molecule has 0 amide bonds. The molecule has 0 fully saturated rings. The van der Waals surface area contributed by atoms with Gasteiger partial charge in [-0.1, -0.05) is 23.8 Å². The summed E-state index contributed by atoms with van der Waals surface area (Å²) in [7, 11) is 0. The third kappa shape index (κ3) is 4.20. The van der Waals surface area contributed by atoms with Crippen molar-refractivity contribution in [2.75, 3.05) is 11.6 Å². The Labute approximate surface area is 159 Å². The first kappa shape index (κ1) is 18.3. The van der Waals surface area contributed by atoms with Gasteiger partial charge in [0.1, 0.15) is 11.6 Å². The lowest BCUT2D eigenvalue weighted by molar-refractivity contribution is 0.477. The van der Waals surface area contributed by atoms with Crippen molar-refractivity contribution in [2.24, 2.45) is 0 Å². The van der Waals surface area contributed by atoms with Crippen LogP contribution in [-0.4, -0.2) is 22.4 Å². The smallest absolute Gasteiger partial charge is 0.127 e. The van der Waals surface area contributed by atoms with Crippen molar-refractivity contribution in [1.82, 2.24) is 4.98 Å². The first-order chi connectivity index (χ1) is 12.5. The van der Waals surface area contributed by atoms with Crippen LogP contribution in [0.5, 0.6) is 5.75 Å². The van der Waals surface area contributed by atoms with E-state index in [0.717, 1.165) is 33.8 Å². The first-order valence-electron chi connectivity index (χ1n) is 8.69. The Hall–Kier alpha value is -2.46. The van der Waals surface area contributed by atoms with Crippen LogP contribution < -0.4 is 5.32 Å². The highest BCUT2D eigenvalue weighted by molar-refractivity contribution is 7.98. The number of anilines is 1. The molecular weight excluding hydrogens is 340 g/mol. The van der Waals surface area contributed by atoms with E-state index in [1.165, 1.54) is 4.90 Å². The number of benzene rings is 2. The average molecular weight is 365 g/mol. The van der Waals surface area contributed by atoms with Crippen LogP contribution in [0.1, 0.15) is 19.4 Å². The highest BCUT2D eigenvalue weighted by Gasteiger charge is 2.11. The van der Waals surface area contributed by atoms with E-state index in [1.54, 1.807) is 17.8 Å². The number of aromatic nitrogens is 1. The fourth-order valence-corrected chi connectivity index (χ4v) is 3.25. The fraction of sp³-hybridized carbons (Fsp3) is 0.227. The van der Waals surface area contributed by atoms with Gasteiger partial charge in [0.2, 0.25) is 0 Å².